The molecule has 0 N–H and O–H groups in total. The van der Waals surface area contributed by atoms with E-state index >= 15 is 0 Å². The summed E-state index contributed by atoms with van der Waals surface area (Å²) in [4.78, 5) is 28.1. The molecular weight excluding hydrogens is 459 g/mol. The topological polar surface area (TPSA) is 91.6 Å². The van der Waals surface area contributed by atoms with Gasteiger partial charge in [-0.2, -0.15) is 0 Å². The van der Waals surface area contributed by atoms with Crippen LogP contribution in [0.3, 0.4) is 0 Å². The van der Waals surface area contributed by atoms with Crippen molar-refractivity contribution in [2.24, 2.45) is 0 Å². The Hall–Kier alpha value is -3.07. The average molecular weight is 475 g/mol. The van der Waals surface area contributed by atoms with Gasteiger partial charge in [-0.3, -0.25) is 14.9 Å². The second kappa shape index (κ2) is 7.64. The van der Waals surface area contributed by atoms with Gasteiger partial charge >= 0.3 is 5.97 Å². The van der Waals surface area contributed by atoms with Crippen molar-refractivity contribution in [3.8, 4) is 5.75 Å². The third-order valence-corrected chi connectivity index (χ3v) is 5.95. The number of aromatic nitrogens is 1. The molecule has 9 heteroatoms. The first-order chi connectivity index (χ1) is 14.4. The number of methoxy groups -OCH3 is 1. The number of esters is 1. The maximum Gasteiger partial charge on any atom is 0.316 e. The van der Waals surface area contributed by atoms with E-state index in [2.05, 4.69) is 20.9 Å². The number of pyridine rings is 1. The Balaban J connectivity index is 1.84. The molecule has 0 amide bonds. The highest BCUT2D eigenvalue weighted by atomic mass is 79.9. The second-order valence-corrected chi connectivity index (χ2v) is 7.95. The van der Waals surface area contributed by atoms with Crippen molar-refractivity contribution < 1.29 is 23.6 Å². The molecule has 30 heavy (non-hydrogen) atoms. The van der Waals surface area contributed by atoms with Crippen molar-refractivity contribution in [1.29, 1.82) is 0 Å². The van der Waals surface area contributed by atoms with Crippen LogP contribution < -0.4 is 4.74 Å². The Morgan fingerprint density at radius 1 is 1.30 bits per heavy atom. The van der Waals surface area contributed by atoms with Gasteiger partial charge in [0.15, 0.2) is 0 Å². The number of halogens is 2. The second-order valence-electron chi connectivity index (χ2n) is 7.09. The van der Waals surface area contributed by atoms with Crippen LogP contribution in [0.4, 0.5) is 10.1 Å². The fraction of sp³-hybridized carbons (Fsp3) is 0.238. The molecule has 154 valence electrons. The first-order valence-electron chi connectivity index (χ1n) is 9.08. The Kier molecular flexibility index (Phi) is 5.15. The Morgan fingerprint density at radius 2 is 2.00 bits per heavy atom. The number of carbonyl (C=O) groups is 1. The SMILES string of the molecule is COC(=O)C1(c2c([N+](=O)[O-])cnc3cc(F)c(Br)cc23)CC(Oc2ccccc2)C1. The first kappa shape index (κ1) is 20.2. The van der Waals surface area contributed by atoms with Crippen molar-refractivity contribution in [2.45, 2.75) is 24.4 Å². The molecule has 3 aromatic rings. The molecule has 1 saturated carbocycles. The van der Waals surface area contributed by atoms with E-state index in [1.165, 1.54) is 19.2 Å². The van der Waals surface area contributed by atoms with Crippen molar-refractivity contribution in [3.63, 3.8) is 0 Å². The van der Waals surface area contributed by atoms with E-state index < -0.39 is 22.1 Å². The smallest absolute Gasteiger partial charge is 0.316 e. The lowest BCUT2D eigenvalue weighted by Gasteiger charge is -2.45. The zero-order valence-electron chi connectivity index (χ0n) is 15.8. The van der Waals surface area contributed by atoms with Crippen LogP contribution in [0.15, 0.2) is 53.1 Å². The molecule has 0 saturated heterocycles. The minimum Gasteiger partial charge on any atom is -0.490 e. The quantitative estimate of drug-likeness (QED) is 0.302. The molecule has 0 atom stereocenters. The van der Waals surface area contributed by atoms with Gasteiger partial charge in [-0.25, -0.2) is 9.37 Å². The number of hydrogen-bond donors (Lipinski definition) is 0. The van der Waals surface area contributed by atoms with Crippen molar-refractivity contribution in [3.05, 3.63) is 74.6 Å². The third-order valence-electron chi connectivity index (χ3n) is 5.34. The maximum absolute atomic E-state index is 14.0. The minimum atomic E-state index is -1.30. The highest BCUT2D eigenvalue weighted by Gasteiger charge is 2.57. The molecule has 1 aliphatic rings. The van der Waals surface area contributed by atoms with Crippen LogP contribution in [0.5, 0.6) is 5.75 Å². The number of fused-ring (bicyclic) bond motifs is 1. The van der Waals surface area contributed by atoms with Crippen molar-refractivity contribution in [2.75, 3.05) is 7.11 Å². The predicted octanol–water partition coefficient (Wildman–Crippen LogP) is 4.70. The highest BCUT2D eigenvalue weighted by Crippen LogP contribution is 2.51. The predicted molar refractivity (Wildman–Crippen MR) is 110 cm³/mol. The Labute approximate surface area is 179 Å². The molecule has 0 aliphatic heterocycles. The summed E-state index contributed by atoms with van der Waals surface area (Å²) in [5.74, 6) is -0.521. The van der Waals surface area contributed by atoms with Gasteiger partial charge in [-0.05, 0) is 34.1 Å². The van der Waals surface area contributed by atoms with E-state index in [-0.39, 0.29) is 40.2 Å². The summed E-state index contributed by atoms with van der Waals surface area (Å²) < 4.78 is 25.1. The molecule has 0 bridgehead atoms. The largest absolute Gasteiger partial charge is 0.490 e. The van der Waals surface area contributed by atoms with E-state index in [0.717, 1.165) is 6.20 Å². The number of rotatable bonds is 5. The summed E-state index contributed by atoms with van der Waals surface area (Å²) in [7, 11) is 1.24. The van der Waals surface area contributed by atoms with Crippen molar-refractivity contribution in [1.82, 2.24) is 4.98 Å². The van der Waals surface area contributed by atoms with E-state index in [4.69, 9.17) is 9.47 Å². The van der Waals surface area contributed by atoms with Crippen LogP contribution in [-0.4, -0.2) is 29.1 Å². The summed E-state index contributed by atoms with van der Waals surface area (Å²) in [6.07, 6.45) is 1.09. The van der Waals surface area contributed by atoms with Gasteiger partial charge in [0, 0.05) is 24.3 Å². The molecule has 1 heterocycles. The Morgan fingerprint density at radius 3 is 2.63 bits per heavy atom. The number of nitro groups is 1. The number of hydrogen-bond acceptors (Lipinski definition) is 6. The summed E-state index contributed by atoms with van der Waals surface area (Å²) in [5, 5.41) is 12.1. The number of ether oxygens (including phenoxy) is 2. The fourth-order valence-electron chi connectivity index (χ4n) is 3.98. The maximum atomic E-state index is 14.0. The monoisotopic (exact) mass is 474 g/mol. The van der Waals surface area contributed by atoms with Crippen LogP contribution in [0.1, 0.15) is 18.4 Å². The first-order valence-corrected chi connectivity index (χ1v) is 9.88. The van der Waals surface area contributed by atoms with Crippen LogP contribution in [-0.2, 0) is 14.9 Å². The van der Waals surface area contributed by atoms with E-state index in [9.17, 15) is 19.3 Å². The molecule has 4 rings (SSSR count). The molecule has 0 radical (unpaired) electrons. The molecule has 0 spiro atoms. The number of carbonyl (C=O) groups excluding carboxylic acids is 1. The minimum absolute atomic E-state index is 0.120. The number of para-hydroxylation sites is 1. The molecule has 1 fully saturated rings. The lowest BCUT2D eigenvalue weighted by Crippen LogP contribution is -2.53. The summed E-state index contributed by atoms with van der Waals surface area (Å²) in [5.41, 5.74) is -1.23. The van der Waals surface area contributed by atoms with Gasteiger partial charge in [-0.1, -0.05) is 18.2 Å². The van der Waals surface area contributed by atoms with Crippen LogP contribution in [0.25, 0.3) is 10.9 Å². The molecular formula is C21H16BrFN2O5. The van der Waals surface area contributed by atoms with Gasteiger partial charge in [0.1, 0.15) is 29.3 Å². The highest BCUT2D eigenvalue weighted by molar-refractivity contribution is 9.10. The lowest BCUT2D eigenvalue weighted by molar-refractivity contribution is -0.386. The molecule has 0 unspecified atom stereocenters. The number of nitrogens with zero attached hydrogens (tertiary/aromatic N) is 2. The molecule has 7 nitrogen and oxygen atoms in total. The normalized spacial score (nSPS) is 20.4. The zero-order chi connectivity index (χ0) is 21.5. The lowest BCUT2D eigenvalue weighted by atomic mass is 9.61. The molecule has 1 aromatic heterocycles. The van der Waals surface area contributed by atoms with Gasteiger partial charge in [-0.15, -0.1) is 0 Å². The van der Waals surface area contributed by atoms with Crippen LogP contribution in [0.2, 0.25) is 0 Å². The van der Waals surface area contributed by atoms with Gasteiger partial charge < -0.3 is 9.47 Å². The average Bonchev–Trinajstić information content (AvgIpc) is 2.71. The van der Waals surface area contributed by atoms with Gasteiger partial charge in [0.05, 0.1) is 27.6 Å². The standard InChI is InChI=1S/C21H16BrFN2O5/c1-29-20(26)21(9-13(10-21)30-12-5-3-2-4-6-12)19-14-7-15(22)16(23)8-17(14)24-11-18(19)25(27)28/h2-8,11,13H,9-10H2,1H3. The molecule has 1 aliphatic carbocycles. The van der Waals surface area contributed by atoms with E-state index in [1.807, 2.05) is 18.2 Å². The van der Waals surface area contributed by atoms with E-state index in [0.29, 0.717) is 11.1 Å². The molecule has 2 aromatic carbocycles. The van der Waals surface area contributed by atoms with Gasteiger partial charge in [0.2, 0.25) is 0 Å². The zero-order valence-corrected chi connectivity index (χ0v) is 17.4. The van der Waals surface area contributed by atoms with E-state index in [1.54, 1.807) is 12.1 Å². The Bertz CT molecular complexity index is 1150. The van der Waals surface area contributed by atoms with Crippen LogP contribution in [0, 0.1) is 15.9 Å². The summed E-state index contributed by atoms with van der Waals surface area (Å²) in [6, 6.07) is 11.7. The summed E-state index contributed by atoms with van der Waals surface area (Å²) in [6.45, 7) is 0. The number of benzene rings is 2. The third kappa shape index (κ3) is 3.28. The van der Waals surface area contributed by atoms with Crippen LogP contribution >= 0.6 is 15.9 Å². The van der Waals surface area contributed by atoms with Gasteiger partial charge in [0.25, 0.3) is 5.69 Å². The fourth-order valence-corrected chi connectivity index (χ4v) is 4.32. The summed E-state index contributed by atoms with van der Waals surface area (Å²) >= 11 is 3.12. The van der Waals surface area contributed by atoms with Crippen molar-refractivity contribution >= 4 is 38.5 Å².